The minimum absolute atomic E-state index is 0.00188. The van der Waals surface area contributed by atoms with E-state index in [-0.39, 0.29) is 11.9 Å². The average Bonchev–Trinajstić information content (AvgIpc) is 2.93. The summed E-state index contributed by atoms with van der Waals surface area (Å²) in [6.45, 7) is 2.95. The predicted octanol–water partition coefficient (Wildman–Crippen LogP) is 1.96. The first-order valence-corrected chi connectivity index (χ1v) is 7.56. The molecule has 18 heavy (non-hydrogen) atoms. The zero-order valence-corrected chi connectivity index (χ0v) is 11.5. The molecule has 1 amide bonds. The molecule has 1 aromatic carbocycles. The lowest BCUT2D eigenvalue weighted by molar-refractivity contribution is -0.122. The van der Waals surface area contributed by atoms with Gasteiger partial charge in [0.25, 0.3) is 0 Å². The molecule has 0 spiro atoms. The Bertz CT molecular complexity index is 377. The van der Waals surface area contributed by atoms with Crippen molar-refractivity contribution < 1.29 is 4.79 Å². The van der Waals surface area contributed by atoms with Gasteiger partial charge in [-0.25, -0.2) is 0 Å². The molecule has 1 aliphatic heterocycles. The fraction of sp³-hybridized carbons (Fsp3) is 0.500. The second kappa shape index (κ2) is 6.81. The smallest absolute Gasteiger partial charge is 0.238 e. The lowest BCUT2D eigenvalue weighted by Gasteiger charge is -2.14. The first-order valence-electron chi connectivity index (χ1n) is 6.41. The van der Waals surface area contributed by atoms with Crippen molar-refractivity contribution in [3.63, 3.8) is 0 Å². The van der Waals surface area contributed by atoms with Crippen LogP contribution in [0.3, 0.4) is 0 Å². The molecule has 1 heterocycles. The summed E-state index contributed by atoms with van der Waals surface area (Å²) >= 11 is 1.78. The second-order valence-corrected chi connectivity index (χ2v) is 5.69. The second-order valence-electron chi connectivity index (χ2n) is 4.66. The van der Waals surface area contributed by atoms with Gasteiger partial charge >= 0.3 is 0 Å². The van der Waals surface area contributed by atoms with Gasteiger partial charge in [-0.2, -0.15) is 0 Å². The molecule has 0 saturated carbocycles. The third-order valence-electron chi connectivity index (χ3n) is 3.28. The number of carbonyl (C=O) groups is 1. The number of nitrogens with one attached hydrogen (secondary N) is 2. The van der Waals surface area contributed by atoms with Crippen LogP contribution in [0.2, 0.25) is 0 Å². The van der Waals surface area contributed by atoms with Crippen LogP contribution in [0.4, 0.5) is 0 Å². The lowest BCUT2D eigenvalue weighted by Crippen LogP contribution is -2.42. The maximum absolute atomic E-state index is 11.8. The molecular weight excluding hydrogens is 244 g/mol. The number of amides is 1. The molecule has 0 bridgehead atoms. The van der Waals surface area contributed by atoms with Crippen LogP contribution in [0.1, 0.15) is 24.8 Å². The molecule has 2 N–H and O–H groups in total. The van der Waals surface area contributed by atoms with Gasteiger partial charge in [0, 0.05) is 18.2 Å². The van der Waals surface area contributed by atoms with E-state index in [0.29, 0.717) is 5.92 Å². The summed E-state index contributed by atoms with van der Waals surface area (Å²) < 4.78 is 0. The van der Waals surface area contributed by atoms with Crippen LogP contribution in [0, 0.1) is 0 Å². The van der Waals surface area contributed by atoms with E-state index in [9.17, 15) is 4.79 Å². The predicted molar refractivity (Wildman–Crippen MR) is 76.7 cm³/mol. The van der Waals surface area contributed by atoms with Crippen molar-refractivity contribution in [2.24, 2.45) is 0 Å². The zero-order chi connectivity index (χ0) is 12.8. The molecule has 2 atom stereocenters. The molecular formula is C14H20N2OS. The van der Waals surface area contributed by atoms with E-state index in [0.717, 1.165) is 24.6 Å². The van der Waals surface area contributed by atoms with Crippen molar-refractivity contribution in [1.82, 2.24) is 10.6 Å². The molecule has 1 fully saturated rings. The van der Waals surface area contributed by atoms with Crippen LogP contribution in [0.15, 0.2) is 30.3 Å². The van der Waals surface area contributed by atoms with Gasteiger partial charge in [-0.05, 0) is 17.9 Å². The van der Waals surface area contributed by atoms with Crippen LogP contribution < -0.4 is 10.6 Å². The summed E-state index contributed by atoms with van der Waals surface area (Å²) in [5.74, 6) is 2.40. The Labute approximate surface area is 113 Å². The molecule has 1 aromatic rings. The van der Waals surface area contributed by atoms with Gasteiger partial charge in [-0.1, -0.05) is 37.3 Å². The van der Waals surface area contributed by atoms with E-state index in [1.165, 1.54) is 5.56 Å². The molecule has 0 radical (unpaired) electrons. The first kappa shape index (κ1) is 13.4. The lowest BCUT2D eigenvalue weighted by atomic mass is 9.98. The van der Waals surface area contributed by atoms with E-state index < -0.39 is 0 Å². The van der Waals surface area contributed by atoms with Crippen LogP contribution in [0.5, 0.6) is 0 Å². The molecule has 2 unspecified atom stereocenters. The highest BCUT2D eigenvalue weighted by Crippen LogP contribution is 2.17. The average molecular weight is 264 g/mol. The normalized spacial score (nSPS) is 20.6. The minimum Gasteiger partial charge on any atom is -0.355 e. The van der Waals surface area contributed by atoms with Gasteiger partial charge in [0.2, 0.25) is 5.91 Å². The highest BCUT2D eigenvalue weighted by molar-refractivity contribution is 7.99. The van der Waals surface area contributed by atoms with Crippen molar-refractivity contribution >= 4 is 17.7 Å². The van der Waals surface area contributed by atoms with Gasteiger partial charge < -0.3 is 5.32 Å². The Morgan fingerprint density at radius 1 is 1.50 bits per heavy atom. The molecule has 1 aliphatic rings. The minimum atomic E-state index is 0.00188. The van der Waals surface area contributed by atoms with E-state index >= 15 is 0 Å². The van der Waals surface area contributed by atoms with E-state index in [1.807, 2.05) is 6.07 Å². The van der Waals surface area contributed by atoms with Gasteiger partial charge in [-0.15, -0.1) is 11.8 Å². The molecule has 0 aliphatic carbocycles. The Morgan fingerprint density at radius 2 is 2.28 bits per heavy atom. The van der Waals surface area contributed by atoms with E-state index in [1.54, 1.807) is 11.8 Å². The zero-order valence-electron chi connectivity index (χ0n) is 10.7. The van der Waals surface area contributed by atoms with E-state index in [2.05, 4.69) is 41.8 Å². The standard InChI is InChI=1S/C14H20N2OS/c1-11(12-5-3-2-4-6-12)7-8-15-14(17)13-9-18-10-16-13/h2-6,11,13,16H,7-10H2,1H3,(H,15,17). The van der Waals surface area contributed by atoms with Crippen molar-refractivity contribution in [2.75, 3.05) is 18.2 Å². The summed E-state index contributed by atoms with van der Waals surface area (Å²) in [6.07, 6.45) is 0.982. The monoisotopic (exact) mass is 264 g/mol. The Balaban J connectivity index is 1.70. The number of rotatable bonds is 5. The van der Waals surface area contributed by atoms with Crippen molar-refractivity contribution in [3.05, 3.63) is 35.9 Å². The van der Waals surface area contributed by atoms with Crippen LogP contribution in [-0.4, -0.2) is 30.1 Å². The summed E-state index contributed by atoms with van der Waals surface area (Å²) in [5.41, 5.74) is 1.33. The van der Waals surface area contributed by atoms with Crippen molar-refractivity contribution in [2.45, 2.75) is 25.3 Å². The number of carbonyl (C=O) groups excluding carboxylic acids is 1. The molecule has 98 valence electrons. The maximum atomic E-state index is 11.8. The largest absolute Gasteiger partial charge is 0.355 e. The SMILES string of the molecule is CC(CCNC(=O)C1CSCN1)c1ccccc1. The van der Waals surface area contributed by atoms with Gasteiger partial charge in [0.1, 0.15) is 0 Å². The number of benzene rings is 1. The fourth-order valence-corrected chi connectivity index (χ4v) is 2.99. The highest BCUT2D eigenvalue weighted by atomic mass is 32.2. The molecule has 3 nitrogen and oxygen atoms in total. The molecule has 0 aromatic heterocycles. The molecule has 1 saturated heterocycles. The first-order chi connectivity index (χ1) is 8.77. The third kappa shape index (κ3) is 3.75. The van der Waals surface area contributed by atoms with E-state index in [4.69, 9.17) is 0 Å². The Kier molecular flexibility index (Phi) is 5.08. The van der Waals surface area contributed by atoms with Crippen LogP contribution in [-0.2, 0) is 4.79 Å². The van der Waals surface area contributed by atoms with Crippen LogP contribution in [0.25, 0.3) is 0 Å². The summed E-state index contributed by atoms with van der Waals surface area (Å²) in [7, 11) is 0. The quantitative estimate of drug-likeness (QED) is 0.854. The van der Waals surface area contributed by atoms with Crippen molar-refractivity contribution in [3.8, 4) is 0 Å². The molecule has 2 rings (SSSR count). The van der Waals surface area contributed by atoms with Crippen LogP contribution >= 0.6 is 11.8 Å². The van der Waals surface area contributed by atoms with Gasteiger partial charge in [-0.3, -0.25) is 10.1 Å². The highest BCUT2D eigenvalue weighted by Gasteiger charge is 2.21. The summed E-state index contributed by atoms with van der Waals surface area (Å²) in [5, 5.41) is 6.19. The number of thioether (sulfide) groups is 1. The summed E-state index contributed by atoms with van der Waals surface area (Å²) in [6, 6.07) is 10.4. The third-order valence-corrected chi connectivity index (χ3v) is 4.22. The fourth-order valence-electron chi connectivity index (χ4n) is 2.05. The number of hydrogen-bond donors (Lipinski definition) is 2. The van der Waals surface area contributed by atoms with Crippen molar-refractivity contribution in [1.29, 1.82) is 0 Å². The molecule has 4 heteroatoms. The maximum Gasteiger partial charge on any atom is 0.238 e. The Hall–Kier alpha value is -1.00. The summed E-state index contributed by atoms with van der Waals surface area (Å²) in [4.78, 5) is 11.8. The number of hydrogen-bond acceptors (Lipinski definition) is 3. The Morgan fingerprint density at radius 3 is 2.94 bits per heavy atom. The van der Waals surface area contributed by atoms with Gasteiger partial charge in [0.15, 0.2) is 0 Å². The topological polar surface area (TPSA) is 41.1 Å². The van der Waals surface area contributed by atoms with Gasteiger partial charge in [0.05, 0.1) is 6.04 Å².